The highest BCUT2D eigenvalue weighted by atomic mass is 16.7. The lowest BCUT2D eigenvalue weighted by Gasteiger charge is -2.41. The molecule has 3 aromatic carbocycles. The third-order valence-electron chi connectivity index (χ3n) is 6.04. The van der Waals surface area contributed by atoms with Gasteiger partial charge in [-0.05, 0) is 35.9 Å². The number of carbonyl (C=O) groups excluding carboxylic acids is 1. The number of ether oxygens (including phenoxy) is 3. The van der Waals surface area contributed by atoms with Crippen LogP contribution in [0.3, 0.4) is 0 Å². The molecule has 1 fully saturated rings. The van der Waals surface area contributed by atoms with E-state index in [4.69, 9.17) is 14.2 Å². The van der Waals surface area contributed by atoms with Crippen molar-refractivity contribution < 1.29 is 65.0 Å². The Bertz CT molecular complexity index is 1380. The van der Waals surface area contributed by atoms with Crippen LogP contribution in [0.25, 0.3) is 12.2 Å². The lowest BCUT2D eigenvalue weighted by Crippen LogP contribution is -2.61. The van der Waals surface area contributed by atoms with E-state index in [0.29, 0.717) is 5.56 Å². The van der Waals surface area contributed by atoms with Gasteiger partial charge in [-0.2, -0.15) is 0 Å². The Morgan fingerprint density at radius 2 is 1.48 bits per heavy atom. The lowest BCUT2D eigenvalue weighted by atomic mass is 9.99. The third-order valence-corrected chi connectivity index (χ3v) is 6.04. The first-order chi connectivity index (χ1) is 19.0. The van der Waals surface area contributed by atoms with E-state index in [2.05, 4.69) is 0 Å². The minimum atomic E-state index is -1.88. The lowest BCUT2D eigenvalue weighted by molar-refractivity contribution is -0.276. The fourth-order valence-corrected chi connectivity index (χ4v) is 3.95. The van der Waals surface area contributed by atoms with Gasteiger partial charge in [0.05, 0.1) is 12.2 Å². The summed E-state index contributed by atoms with van der Waals surface area (Å²) in [5, 5.41) is 89.7. The largest absolute Gasteiger partial charge is 0.508 e. The molecule has 13 heteroatoms. The van der Waals surface area contributed by atoms with Gasteiger partial charge in [0.25, 0.3) is 0 Å². The fourth-order valence-electron chi connectivity index (χ4n) is 3.95. The SMILES string of the molecule is O=C(O[C@@H]1[C@H](Oc2c(O)cc(O)cc2/C=C/c2ccc(O)cc2)O[C@H](CO)[C@@H](O)[C@@H]1O)c1cc(O)c(O)c(O)c1. The summed E-state index contributed by atoms with van der Waals surface area (Å²) in [6.45, 7) is -0.770. The highest BCUT2D eigenvalue weighted by Crippen LogP contribution is 2.39. The number of phenols is 6. The van der Waals surface area contributed by atoms with Crippen molar-refractivity contribution in [2.24, 2.45) is 0 Å². The Hall–Kier alpha value is -4.69. The van der Waals surface area contributed by atoms with Crippen molar-refractivity contribution in [1.82, 2.24) is 0 Å². The molecule has 9 N–H and O–H groups in total. The van der Waals surface area contributed by atoms with Crippen LogP contribution in [0, 0.1) is 0 Å². The average Bonchev–Trinajstić information content (AvgIpc) is 2.91. The number of esters is 1. The third kappa shape index (κ3) is 5.97. The molecule has 4 rings (SSSR count). The van der Waals surface area contributed by atoms with E-state index >= 15 is 0 Å². The molecule has 0 aromatic heterocycles. The second kappa shape index (κ2) is 11.6. The van der Waals surface area contributed by atoms with Crippen molar-refractivity contribution in [2.45, 2.75) is 30.7 Å². The number of aliphatic hydroxyl groups excluding tert-OH is 3. The number of hydrogen-bond acceptors (Lipinski definition) is 13. The van der Waals surface area contributed by atoms with Gasteiger partial charge < -0.3 is 60.2 Å². The van der Waals surface area contributed by atoms with Gasteiger partial charge >= 0.3 is 5.97 Å². The van der Waals surface area contributed by atoms with Gasteiger partial charge in [-0.15, -0.1) is 0 Å². The summed E-state index contributed by atoms with van der Waals surface area (Å²) in [6, 6.07) is 9.83. The fraction of sp³-hybridized carbons (Fsp3) is 0.222. The molecule has 212 valence electrons. The summed E-state index contributed by atoms with van der Waals surface area (Å²) in [4.78, 5) is 12.8. The van der Waals surface area contributed by atoms with Crippen molar-refractivity contribution in [3.63, 3.8) is 0 Å². The maximum absolute atomic E-state index is 12.8. The summed E-state index contributed by atoms with van der Waals surface area (Å²) >= 11 is 0. The number of hydrogen-bond donors (Lipinski definition) is 9. The first-order valence-electron chi connectivity index (χ1n) is 11.8. The molecule has 0 unspecified atom stereocenters. The van der Waals surface area contributed by atoms with E-state index in [1.54, 1.807) is 18.2 Å². The van der Waals surface area contributed by atoms with Crippen LogP contribution >= 0.6 is 0 Å². The molecule has 5 atom stereocenters. The molecule has 1 aliphatic heterocycles. The molecule has 3 aromatic rings. The van der Waals surface area contributed by atoms with Gasteiger partial charge in [0.1, 0.15) is 29.8 Å². The standard InChI is InChI=1S/C27H26O13/c28-11-20-22(35)23(36)25(39-26(37)14-8-17(31)21(34)18(32)9-14)27(38-20)40-24-13(7-16(30)10-19(24)33)4-1-12-2-5-15(29)6-3-12/h1-10,20,22-23,25,27-36H,11H2/b4-1+/t20-,22-,23+,25+,27+/m1/s1. The first kappa shape index (κ1) is 28.3. The van der Waals surface area contributed by atoms with Crippen LogP contribution in [0.1, 0.15) is 21.5 Å². The molecule has 0 bridgehead atoms. The molecule has 1 saturated heterocycles. The summed E-state index contributed by atoms with van der Waals surface area (Å²) in [5.41, 5.74) is 0.294. The molecule has 1 heterocycles. The zero-order valence-corrected chi connectivity index (χ0v) is 20.5. The van der Waals surface area contributed by atoms with Gasteiger partial charge in [-0.3, -0.25) is 0 Å². The molecule has 0 saturated carbocycles. The minimum Gasteiger partial charge on any atom is -0.508 e. The van der Waals surface area contributed by atoms with E-state index in [1.165, 1.54) is 24.3 Å². The smallest absolute Gasteiger partial charge is 0.339 e. The van der Waals surface area contributed by atoms with Crippen LogP contribution < -0.4 is 4.74 Å². The second-order valence-corrected chi connectivity index (χ2v) is 8.87. The molecule has 1 aliphatic rings. The molecular formula is C27H26O13. The molecular weight excluding hydrogens is 532 g/mol. The van der Waals surface area contributed by atoms with Crippen LogP contribution in [-0.4, -0.2) is 89.2 Å². The summed E-state index contributed by atoms with van der Waals surface area (Å²) < 4.78 is 16.6. The summed E-state index contributed by atoms with van der Waals surface area (Å²) in [5.74, 6) is -4.94. The average molecular weight is 558 g/mol. The monoisotopic (exact) mass is 558 g/mol. The molecule has 40 heavy (non-hydrogen) atoms. The number of aliphatic hydroxyl groups is 3. The number of rotatable bonds is 7. The van der Waals surface area contributed by atoms with E-state index in [-0.39, 0.29) is 22.8 Å². The molecule has 0 aliphatic carbocycles. The van der Waals surface area contributed by atoms with E-state index < -0.39 is 71.8 Å². The van der Waals surface area contributed by atoms with Gasteiger partial charge in [0, 0.05) is 11.6 Å². The van der Waals surface area contributed by atoms with Gasteiger partial charge in [-0.25, -0.2) is 4.79 Å². The predicted octanol–water partition coefficient (Wildman–Crippen LogP) is 1.13. The number of phenolic OH excluding ortho intramolecular Hbond substituents is 6. The number of aromatic hydroxyl groups is 6. The quantitative estimate of drug-likeness (QED) is 0.113. The first-order valence-corrected chi connectivity index (χ1v) is 11.8. The Kier molecular flexibility index (Phi) is 8.21. The van der Waals surface area contributed by atoms with Crippen molar-refractivity contribution in [1.29, 1.82) is 0 Å². The highest BCUT2D eigenvalue weighted by Gasteiger charge is 2.48. The Balaban J connectivity index is 1.67. The second-order valence-electron chi connectivity index (χ2n) is 8.87. The number of benzene rings is 3. The molecule has 0 spiro atoms. The van der Waals surface area contributed by atoms with Gasteiger partial charge in [0.15, 0.2) is 34.9 Å². The van der Waals surface area contributed by atoms with Crippen molar-refractivity contribution in [3.05, 3.63) is 65.2 Å². The van der Waals surface area contributed by atoms with Crippen molar-refractivity contribution in [2.75, 3.05) is 6.61 Å². The number of carbonyl (C=O) groups is 1. The van der Waals surface area contributed by atoms with Crippen LogP contribution in [0.15, 0.2) is 48.5 Å². The predicted molar refractivity (Wildman–Crippen MR) is 136 cm³/mol. The normalized spacial score (nSPS) is 22.7. The maximum atomic E-state index is 12.8. The highest BCUT2D eigenvalue weighted by molar-refractivity contribution is 5.91. The molecule has 0 radical (unpaired) electrons. The molecule has 0 amide bonds. The zero-order valence-electron chi connectivity index (χ0n) is 20.5. The van der Waals surface area contributed by atoms with Gasteiger partial charge in [0.2, 0.25) is 6.29 Å². The van der Waals surface area contributed by atoms with Crippen molar-refractivity contribution in [3.8, 4) is 40.2 Å². The van der Waals surface area contributed by atoms with Crippen LogP contribution in [-0.2, 0) is 9.47 Å². The Morgan fingerprint density at radius 1 is 0.825 bits per heavy atom. The van der Waals surface area contributed by atoms with E-state index in [9.17, 15) is 50.8 Å². The topological polar surface area (TPSA) is 227 Å². The Morgan fingerprint density at radius 3 is 2.10 bits per heavy atom. The maximum Gasteiger partial charge on any atom is 0.339 e. The van der Waals surface area contributed by atoms with Crippen molar-refractivity contribution >= 4 is 18.1 Å². The van der Waals surface area contributed by atoms with Crippen LogP contribution in [0.4, 0.5) is 0 Å². The summed E-state index contributed by atoms with van der Waals surface area (Å²) in [6.07, 6.45) is -5.53. The minimum absolute atomic E-state index is 0.0446. The van der Waals surface area contributed by atoms with Crippen LogP contribution in [0.2, 0.25) is 0 Å². The van der Waals surface area contributed by atoms with E-state index in [1.807, 2.05) is 0 Å². The van der Waals surface area contributed by atoms with Crippen LogP contribution in [0.5, 0.6) is 40.2 Å². The molecule has 13 nitrogen and oxygen atoms in total. The Labute approximate surface area is 226 Å². The van der Waals surface area contributed by atoms with Gasteiger partial charge in [-0.1, -0.05) is 24.3 Å². The summed E-state index contributed by atoms with van der Waals surface area (Å²) in [7, 11) is 0. The zero-order chi connectivity index (χ0) is 29.1. The van der Waals surface area contributed by atoms with E-state index in [0.717, 1.165) is 18.2 Å².